The number of nitrogens with zero attached hydrogens (tertiary/aromatic N) is 2. The average molecular weight is 565 g/mol. The molecule has 0 unspecified atom stereocenters. The second kappa shape index (κ2) is 12.5. The molecule has 0 heterocycles. The quantitative estimate of drug-likeness (QED) is 0.289. The highest BCUT2D eigenvalue weighted by Crippen LogP contribution is 2.16. The molecule has 2 rings (SSSR count). The molecule has 0 radical (unpaired) electrons. The summed E-state index contributed by atoms with van der Waals surface area (Å²) < 4.78 is 26.7. The molecule has 0 spiro atoms. The predicted molar refractivity (Wildman–Crippen MR) is 136 cm³/mol. The Morgan fingerprint density at radius 2 is 1.70 bits per heavy atom. The molecule has 6 nitrogen and oxygen atoms in total. The van der Waals surface area contributed by atoms with Gasteiger partial charge >= 0.3 is 0 Å². The van der Waals surface area contributed by atoms with Gasteiger partial charge in [0.15, 0.2) is 5.96 Å². The lowest BCUT2D eigenvalue weighted by molar-refractivity contribution is 0.476. The minimum absolute atomic E-state index is 0. The standard InChI is InChI=1S/C21H29ClN4O2S.HI/c1-16(2)25-29(27,28)15-18-11-9-17(10-12-18)13-24-21(23-3)26(4)14-19-7-5-6-8-20(19)22;/h5-12,16,25H,13-15H2,1-4H3,(H,23,24);1H. The molecule has 9 heteroatoms. The van der Waals surface area contributed by atoms with Crippen LogP contribution in [0.1, 0.15) is 30.5 Å². The first-order valence-corrected chi connectivity index (χ1v) is 11.5. The maximum Gasteiger partial charge on any atom is 0.216 e. The second-order valence-electron chi connectivity index (χ2n) is 7.20. The van der Waals surface area contributed by atoms with E-state index in [1.165, 1.54) is 0 Å². The molecule has 166 valence electrons. The SMILES string of the molecule is CN=C(NCc1ccc(CS(=O)(=O)NC(C)C)cc1)N(C)Cc1ccccc1Cl.I. The summed E-state index contributed by atoms with van der Waals surface area (Å²) in [6.07, 6.45) is 0. The smallest absolute Gasteiger partial charge is 0.216 e. The zero-order chi connectivity index (χ0) is 21.4. The van der Waals surface area contributed by atoms with Crippen molar-refractivity contribution in [3.05, 3.63) is 70.2 Å². The summed E-state index contributed by atoms with van der Waals surface area (Å²) >= 11 is 6.24. The number of rotatable bonds is 8. The van der Waals surface area contributed by atoms with Crippen molar-refractivity contribution in [2.45, 2.75) is 38.7 Å². The average Bonchev–Trinajstić information content (AvgIpc) is 2.64. The first-order valence-electron chi connectivity index (χ1n) is 9.43. The van der Waals surface area contributed by atoms with Gasteiger partial charge in [-0.25, -0.2) is 13.1 Å². The van der Waals surface area contributed by atoms with Crippen LogP contribution in [0.15, 0.2) is 53.5 Å². The highest BCUT2D eigenvalue weighted by atomic mass is 127. The molecule has 0 saturated heterocycles. The molecule has 0 aliphatic rings. The van der Waals surface area contributed by atoms with Gasteiger partial charge in [0.05, 0.1) is 5.75 Å². The van der Waals surface area contributed by atoms with Crippen molar-refractivity contribution in [3.8, 4) is 0 Å². The van der Waals surface area contributed by atoms with E-state index < -0.39 is 10.0 Å². The van der Waals surface area contributed by atoms with Gasteiger partial charge in [0.25, 0.3) is 0 Å². The van der Waals surface area contributed by atoms with Gasteiger partial charge in [0.2, 0.25) is 10.0 Å². The van der Waals surface area contributed by atoms with Crippen LogP contribution in [0.5, 0.6) is 0 Å². The van der Waals surface area contributed by atoms with E-state index in [2.05, 4.69) is 15.0 Å². The fraction of sp³-hybridized carbons (Fsp3) is 0.381. The van der Waals surface area contributed by atoms with Crippen molar-refractivity contribution >= 4 is 51.6 Å². The molecule has 30 heavy (non-hydrogen) atoms. The summed E-state index contributed by atoms with van der Waals surface area (Å²) in [6, 6.07) is 15.2. The first-order chi connectivity index (χ1) is 13.7. The molecular formula is C21H30ClIN4O2S. The van der Waals surface area contributed by atoms with E-state index in [9.17, 15) is 8.42 Å². The minimum atomic E-state index is -3.32. The maximum atomic E-state index is 12.0. The largest absolute Gasteiger partial charge is 0.352 e. The molecular weight excluding hydrogens is 535 g/mol. The molecule has 2 aromatic rings. The topological polar surface area (TPSA) is 73.8 Å². The van der Waals surface area contributed by atoms with Crippen LogP contribution >= 0.6 is 35.6 Å². The summed E-state index contributed by atoms with van der Waals surface area (Å²) in [5.74, 6) is 0.721. The van der Waals surface area contributed by atoms with Crippen molar-refractivity contribution in [1.29, 1.82) is 0 Å². The van der Waals surface area contributed by atoms with Crippen LogP contribution in [0, 0.1) is 0 Å². The molecule has 0 amide bonds. The fourth-order valence-corrected chi connectivity index (χ4v) is 4.52. The Balaban J connectivity index is 0.00000450. The summed E-state index contributed by atoms with van der Waals surface area (Å²) in [5.41, 5.74) is 2.82. The summed E-state index contributed by atoms with van der Waals surface area (Å²) in [4.78, 5) is 6.32. The van der Waals surface area contributed by atoms with Crippen molar-refractivity contribution in [1.82, 2.24) is 14.9 Å². The fourth-order valence-electron chi connectivity index (χ4n) is 2.90. The van der Waals surface area contributed by atoms with Crippen LogP contribution in [0.2, 0.25) is 5.02 Å². The van der Waals surface area contributed by atoms with Crippen LogP contribution in [0.4, 0.5) is 0 Å². The molecule has 0 aromatic heterocycles. The molecule has 0 aliphatic heterocycles. The number of aliphatic imine (C=N–C) groups is 1. The lowest BCUT2D eigenvalue weighted by Crippen LogP contribution is -2.38. The monoisotopic (exact) mass is 564 g/mol. The highest BCUT2D eigenvalue weighted by Gasteiger charge is 2.13. The number of hydrogen-bond acceptors (Lipinski definition) is 3. The van der Waals surface area contributed by atoms with Gasteiger partial charge in [0.1, 0.15) is 0 Å². The number of benzene rings is 2. The van der Waals surface area contributed by atoms with E-state index in [1.807, 2.05) is 74.3 Å². The zero-order valence-corrected chi connectivity index (χ0v) is 21.6. The van der Waals surface area contributed by atoms with Crippen LogP contribution in [-0.2, 0) is 28.9 Å². The van der Waals surface area contributed by atoms with Gasteiger partial charge in [-0.3, -0.25) is 4.99 Å². The van der Waals surface area contributed by atoms with E-state index in [0.717, 1.165) is 27.7 Å². The van der Waals surface area contributed by atoms with Gasteiger partial charge in [-0.05, 0) is 36.6 Å². The van der Waals surface area contributed by atoms with Crippen molar-refractivity contribution in [3.63, 3.8) is 0 Å². The maximum absolute atomic E-state index is 12.0. The third-order valence-electron chi connectivity index (χ3n) is 4.18. The number of hydrogen-bond donors (Lipinski definition) is 2. The number of nitrogens with one attached hydrogen (secondary N) is 2. The lowest BCUT2D eigenvalue weighted by Gasteiger charge is -2.22. The molecule has 0 aliphatic carbocycles. The molecule has 2 N–H and O–H groups in total. The minimum Gasteiger partial charge on any atom is -0.352 e. The molecule has 0 atom stereocenters. The Hall–Kier alpha value is -1.36. The van der Waals surface area contributed by atoms with Gasteiger partial charge in [-0.1, -0.05) is 54.1 Å². The third-order valence-corrected chi connectivity index (χ3v) is 6.10. The van der Waals surface area contributed by atoms with Crippen molar-refractivity contribution in [2.75, 3.05) is 14.1 Å². The van der Waals surface area contributed by atoms with E-state index >= 15 is 0 Å². The van der Waals surface area contributed by atoms with Crippen LogP contribution < -0.4 is 10.0 Å². The summed E-state index contributed by atoms with van der Waals surface area (Å²) in [6.45, 7) is 4.83. The van der Waals surface area contributed by atoms with Gasteiger partial charge in [0, 0.05) is 38.2 Å². The third kappa shape index (κ3) is 8.79. The van der Waals surface area contributed by atoms with Crippen LogP contribution in [-0.4, -0.2) is 39.4 Å². The number of guanidine groups is 1. The van der Waals surface area contributed by atoms with Gasteiger partial charge in [-0.2, -0.15) is 0 Å². The van der Waals surface area contributed by atoms with E-state index in [1.54, 1.807) is 7.05 Å². The first kappa shape index (κ1) is 26.7. The normalized spacial score (nSPS) is 11.9. The molecule has 0 bridgehead atoms. The van der Waals surface area contributed by atoms with E-state index in [-0.39, 0.29) is 35.8 Å². The lowest BCUT2D eigenvalue weighted by atomic mass is 10.1. The molecule has 0 fully saturated rings. The highest BCUT2D eigenvalue weighted by molar-refractivity contribution is 14.0. The number of halogens is 2. The Bertz CT molecular complexity index is 934. The van der Waals surface area contributed by atoms with Crippen LogP contribution in [0.25, 0.3) is 0 Å². The van der Waals surface area contributed by atoms with E-state index in [0.29, 0.717) is 13.1 Å². The Morgan fingerprint density at radius 3 is 2.27 bits per heavy atom. The van der Waals surface area contributed by atoms with Crippen molar-refractivity contribution in [2.24, 2.45) is 4.99 Å². The molecule has 0 saturated carbocycles. The second-order valence-corrected chi connectivity index (χ2v) is 9.36. The number of sulfonamides is 1. The Labute approximate surface area is 202 Å². The van der Waals surface area contributed by atoms with Gasteiger partial charge < -0.3 is 10.2 Å². The Morgan fingerprint density at radius 1 is 1.10 bits per heavy atom. The summed E-state index contributed by atoms with van der Waals surface area (Å²) in [5, 5.41) is 4.05. The zero-order valence-electron chi connectivity index (χ0n) is 17.7. The van der Waals surface area contributed by atoms with Gasteiger partial charge in [-0.15, -0.1) is 24.0 Å². The van der Waals surface area contributed by atoms with Crippen LogP contribution in [0.3, 0.4) is 0 Å². The van der Waals surface area contributed by atoms with Crippen molar-refractivity contribution < 1.29 is 8.42 Å². The van der Waals surface area contributed by atoms with E-state index in [4.69, 9.17) is 11.6 Å². The predicted octanol–water partition coefficient (Wildman–Crippen LogP) is 3.99. The Kier molecular flexibility index (Phi) is 11.1. The summed E-state index contributed by atoms with van der Waals surface area (Å²) in [7, 11) is 0.367. The molecule has 2 aromatic carbocycles.